The van der Waals surface area contributed by atoms with Gasteiger partial charge in [0.1, 0.15) is 6.42 Å². The Hall–Kier alpha value is -1.97. The number of rotatable bonds is 9. The topological polar surface area (TPSA) is 128 Å². The van der Waals surface area contributed by atoms with Gasteiger partial charge in [-0.1, -0.05) is 12.1 Å². The molecule has 0 atom stereocenters. The van der Waals surface area contributed by atoms with Crippen molar-refractivity contribution in [3.63, 3.8) is 0 Å². The summed E-state index contributed by atoms with van der Waals surface area (Å²) in [5, 5.41) is 10.2. The van der Waals surface area contributed by atoms with Crippen molar-refractivity contribution in [2.24, 2.45) is 5.14 Å². The van der Waals surface area contributed by atoms with Crippen molar-refractivity contribution in [3.8, 4) is 0 Å². The Morgan fingerprint density at radius 3 is 2.17 bits per heavy atom. The van der Waals surface area contributed by atoms with Crippen molar-refractivity contribution in [2.75, 3.05) is 26.8 Å². The van der Waals surface area contributed by atoms with Gasteiger partial charge in [0.15, 0.2) is 0 Å². The molecule has 9 heteroatoms. The molecule has 0 fully saturated rings. The summed E-state index contributed by atoms with van der Waals surface area (Å²) in [6, 6.07) is 6.08. The van der Waals surface area contributed by atoms with Crippen LogP contribution in [0, 0.1) is 0 Å². The summed E-state index contributed by atoms with van der Waals surface area (Å²) in [6.45, 7) is 1.10. The molecular weight excluding hydrogens is 322 g/mol. The minimum absolute atomic E-state index is 0.0398. The van der Waals surface area contributed by atoms with Gasteiger partial charge in [-0.15, -0.1) is 0 Å². The molecule has 4 N–H and O–H groups in total. The number of nitrogens with one attached hydrogen (secondary N) is 2. The summed E-state index contributed by atoms with van der Waals surface area (Å²) in [7, 11) is -2.18. The fourth-order valence-corrected chi connectivity index (χ4v) is 2.27. The number of carbonyl (C=O) groups excluding carboxylic acids is 2. The smallest absolute Gasteiger partial charge is 0.238 e. The Morgan fingerprint density at radius 2 is 1.65 bits per heavy atom. The van der Waals surface area contributed by atoms with E-state index in [1.807, 2.05) is 0 Å². The average Bonchev–Trinajstić information content (AvgIpc) is 2.47. The first kappa shape index (κ1) is 19.1. The van der Waals surface area contributed by atoms with Gasteiger partial charge in [0.2, 0.25) is 21.8 Å². The van der Waals surface area contributed by atoms with Crippen molar-refractivity contribution in [1.29, 1.82) is 0 Å². The summed E-state index contributed by atoms with van der Waals surface area (Å²) in [4.78, 5) is 23.0. The molecule has 23 heavy (non-hydrogen) atoms. The predicted octanol–water partition coefficient (Wildman–Crippen LogP) is -0.855. The van der Waals surface area contributed by atoms with Gasteiger partial charge in [-0.05, 0) is 24.1 Å². The Balaban J connectivity index is 2.31. The highest BCUT2D eigenvalue weighted by Crippen LogP contribution is 2.08. The quantitative estimate of drug-likeness (QED) is 0.397. The minimum atomic E-state index is -3.70. The summed E-state index contributed by atoms with van der Waals surface area (Å²) in [5.74, 6) is -0.738. The molecule has 0 heterocycles. The summed E-state index contributed by atoms with van der Waals surface area (Å²) < 4.78 is 27.0. The van der Waals surface area contributed by atoms with Gasteiger partial charge in [-0.25, -0.2) is 13.6 Å². The van der Waals surface area contributed by atoms with E-state index >= 15 is 0 Å². The number of hydrogen-bond donors (Lipinski definition) is 3. The third kappa shape index (κ3) is 7.73. The van der Waals surface area contributed by atoms with Crippen LogP contribution in [-0.2, 0) is 30.8 Å². The Morgan fingerprint density at radius 1 is 1.09 bits per heavy atom. The molecule has 2 amide bonds. The zero-order valence-corrected chi connectivity index (χ0v) is 13.7. The molecule has 1 aromatic carbocycles. The number of ether oxygens (including phenoxy) is 1. The number of hydrogen-bond acceptors (Lipinski definition) is 5. The number of methoxy groups -OCH3 is 1. The Bertz CT molecular complexity index is 628. The highest BCUT2D eigenvalue weighted by molar-refractivity contribution is 7.89. The summed E-state index contributed by atoms with van der Waals surface area (Å²) >= 11 is 0. The molecule has 0 bridgehead atoms. The third-order valence-corrected chi connectivity index (χ3v) is 3.87. The molecule has 0 saturated carbocycles. The second-order valence-electron chi connectivity index (χ2n) is 4.81. The highest BCUT2D eigenvalue weighted by atomic mass is 32.2. The number of nitrogens with two attached hydrogens (primary N) is 1. The lowest BCUT2D eigenvalue weighted by molar-refractivity contribution is -0.129. The van der Waals surface area contributed by atoms with Crippen molar-refractivity contribution < 1.29 is 22.7 Å². The minimum Gasteiger partial charge on any atom is -0.383 e. The van der Waals surface area contributed by atoms with Gasteiger partial charge < -0.3 is 15.4 Å². The van der Waals surface area contributed by atoms with Crippen LogP contribution < -0.4 is 15.8 Å². The lowest BCUT2D eigenvalue weighted by Gasteiger charge is -2.07. The molecule has 8 nitrogen and oxygen atoms in total. The normalized spacial score (nSPS) is 11.0. The lowest BCUT2D eigenvalue weighted by Crippen LogP contribution is -2.34. The summed E-state index contributed by atoms with van der Waals surface area (Å²) in [5.41, 5.74) is 0.849. The van der Waals surface area contributed by atoms with Crippen LogP contribution in [0.15, 0.2) is 29.2 Å². The van der Waals surface area contributed by atoms with Crippen LogP contribution in [-0.4, -0.2) is 47.0 Å². The number of sulfonamides is 1. The number of benzene rings is 1. The van der Waals surface area contributed by atoms with E-state index in [1.165, 1.54) is 19.2 Å². The van der Waals surface area contributed by atoms with Crippen molar-refractivity contribution in [3.05, 3.63) is 29.8 Å². The molecular formula is C14H21N3O5S. The fourth-order valence-electron chi connectivity index (χ4n) is 1.76. The van der Waals surface area contributed by atoms with Crippen LogP contribution in [0.25, 0.3) is 0 Å². The largest absolute Gasteiger partial charge is 0.383 e. The summed E-state index contributed by atoms with van der Waals surface area (Å²) in [6.07, 6.45) is 0.274. The second kappa shape index (κ2) is 9.23. The number of primary sulfonamides is 1. The zero-order valence-electron chi connectivity index (χ0n) is 12.9. The first-order valence-corrected chi connectivity index (χ1v) is 8.51. The maximum atomic E-state index is 11.6. The van der Waals surface area contributed by atoms with Crippen molar-refractivity contribution in [1.82, 2.24) is 10.6 Å². The second-order valence-corrected chi connectivity index (χ2v) is 6.37. The molecule has 0 unspecified atom stereocenters. The van der Waals surface area contributed by atoms with E-state index in [-0.39, 0.29) is 23.1 Å². The lowest BCUT2D eigenvalue weighted by atomic mass is 10.1. The van der Waals surface area contributed by atoms with E-state index in [0.29, 0.717) is 26.1 Å². The molecule has 128 valence electrons. The van der Waals surface area contributed by atoms with Gasteiger partial charge in [-0.2, -0.15) is 0 Å². The molecule has 0 spiro atoms. The van der Waals surface area contributed by atoms with Gasteiger partial charge in [0, 0.05) is 20.2 Å². The first-order chi connectivity index (χ1) is 10.8. The monoisotopic (exact) mass is 343 g/mol. The van der Waals surface area contributed by atoms with Gasteiger partial charge in [0.05, 0.1) is 11.5 Å². The average molecular weight is 343 g/mol. The molecule has 0 aliphatic carbocycles. The van der Waals surface area contributed by atoms with E-state index in [1.54, 1.807) is 12.1 Å². The first-order valence-electron chi connectivity index (χ1n) is 6.97. The van der Waals surface area contributed by atoms with Crippen LogP contribution in [0.4, 0.5) is 0 Å². The van der Waals surface area contributed by atoms with Crippen molar-refractivity contribution in [2.45, 2.75) is 17.7 Å². The number of amides is 2. The maximum Gasteiger partial charge on any atom is 0.238 e. The third-order valence-electron chi connectivity index (χ3n) is 2.94. The van der Waals surface area contributed by atoms with Crippen LogP contribution in [0.5, 0.6) is 0 Å². The zero-order chi connectivity index (χ0) is 17.3. The van der Waals surface area contributed by atoms with Crippen LogP contribution in [0.1, 0.15) is 12.0 Å². The van der Waals surface area contributed by atoms with Crippen LogP contribution >= 0.6 is 0 Å². The van der Waals surface area contributed by atoms with Gasteiger partial charge in [0.25, 0.3) is 0 Å². The van der Waals surface area contributed by atoms with Gasteiger partial charge >= 0.3 is 0 Å². The molecule has 0 aliphatic heterocycles. The van der Waals surface area contributed by atoms with Crippen LogP contribution in [0.3, 0.4) is 0 Å². The SMILES string of the molecule is COCCNC(=O)CC(=O)NCCc1ccc(S(N)(=O)=O)cc1. The highest BCUT2D eigenvalue weighted by Gasteiger charge is 2.09. The van der Waals surface area contributed by atoms with E-state index in [0.717, 1.165) is 5.56 Å². The van der Waals surface area contributed by atoms with E-state index in [2.05, 4.69) is 10.6 Å². The molecule has 0 radical (unpaired) electrons. The maximum absolute atomic E-state index is 11.6. The van der Waals surface area contributed by atoms with Gasteiger partial charge in [-0.3, -0.25) is 9.59 Å². The predicted molar refractivity (Wildman–Crippen MR) is 84.0 cm³/mol. The van der Waals surface area contributed by atoms with E-state index in [4.69, 9.17) is 9.88 Å². The fraction of sp³-hybridized carbons (Fsp3) is 0.429. The Kier molecular flexibility index (Phi) is 7.66. The number of carbonyl (C=O) groups is 2. The molecule has 0 aromatic heterocycles. The standard InChI is InChI=1S/C14H21N3O5S/c1-22-9-8-17-14(19)10-13(18)16-7-6-11-2-4-12(5-3-11)23(15,20)21/h2-5H,6-10H2,1H3,(H,16,18)(H,17,19)(H2,15,20,21). The van der Waals surface area contributed by atoms with Crippen LogP contribution in [0.2, 0.25) is 0 Å². The molecule has 1 aromatic rings. The molecule has 0 aliphatic rings. The van der Waals surface area contributed by atoms with E-state index < -0.39 is 10.0 Å². The van der Waals surface area contributed by atoms with Crippen molar-refractivity contribution >= 4 is 21.8 Å². The molecule has 0 saturated heterocycles. The Labute approximate surface area is 135 Å². The van der Waals surface area contributed by atoms with E-state index in [9.17, 15) is 18.0 Å². The molecule has 1 rings (SSSR count).